The lowest BCUT2D eigenvalue weighted by molar-refractivity contribution is 0.218. The van der Waals surface area contributed by atoms with E-state index in [1.54, 1.807) is 0 Å². The number of hydrogen-bond donors (Lipinski definition) is 1. The first kappa shape index (κ1) is 16.7. The lowest BCUT2D eigenvalue weighted by Crippen LogP contribution is -2.33. The summed E-state index contributed by atoms with van der Waals surface area (Å²) in [5.41, 5.74) is 0. The molecular formula is C18H22ClNO2. The molecule has 1 N–H and O–H groups in total. The molecule has 1 atom stereocenters. The van der Waals surface area contributed by atoms with E-state index in [0.717, 1.165) is 36.9 Å². The molecule has 1 fully saturated rings. The van der Waals surface area contributed by atoms with Gasteiger partial charge >= 0.3 is 0 Å². The zero-order valence-corrected chi connectivity index (χ0v) is 13.4. The summed E-state index contributed by atoms with van der Waals surface area (Å²) in [6.07, 6.45) is 2.50. The third kappa shape index (κ3) is 4.93. The van der Waals surface area contributed by atoms with Crippen LogP contribution in [0.25, 0.3) is 0 Å². The highest BCUT2D eigenvalue weighted by molar-refractivity contribution is 5.85. The Morgan fingerprint density at radius 2 is 1.59 bits per heavy atom. The van der Waals surface area contributed by atoms with Gasteiger partial charge in [0, 0.05) is 12.5 Å². The molecule has 0 radical (unpaired) electrons. The second-order valence-corrected chi connectivity index (χ2v) is 5.41. The maximum atomic E-state index is 5.86. The summed E-state index contributed by atoms with van der Waals surface area (Å²) in [7, 11) is 0. The second-order valence-electron chi connectivity index (χ2n) is 5.41. The quantitative estimate of drug-likeness (QED) is 0.892. The minimum atomic E-state index is 0. The van der Waals surface area contributed by atoms with Crippen molar-refractivity contribution in [2.24, 2.45) is 5.92 Å². The SMILES string of the molecule is Cl.c1ccc(Oc2ccc(OCC3CCCNC3)cc2)cc1. The van der Waals surface area contributed by atoms with Crippen LogP contribution in [-0.2, 0) is 0 Å². The van der Waals surface area contributed by atoms with Crippen LogP contribution in [0.3, 0.4) is 0 Å². The molecule has 1 saturated heterocycles. The molecule has 1 unspecified atom stereocenters. The molecule has 2 aromatic carbocycles. The molecule has 2 aromatic rings. The van der Waals surface area contributed by atoms with Crippen molar-refractivity contribution < 1.29 is 9.47 Å². The summed E-state index contributed by atoms with van der Waals surface area (Å²) in [6.45, 7) is 2.99. The van der Waals surface area contributed by atoms with Gasteiger partial charge in [-0.15, -0.1) is 12.4 Å². The highest BCUT2D eigenvalue weighted by Crippen LogP contribution is 2.24. The van der Waals surface area contributed by atoms with Crippen LogP contribution in [0.2, 0.25) is 0 Å². The zero-order chi connectivity index (χ0) is 14.3. The Bertz CT molecular complexity index is 539. The zero-order valence-electron chi connectivity index (χ0n) is 12.5. The molecule has 118 valence electrons. The maximum Gasteiger partial charge on any atom is 0.127 e. The number of ether oxygens (including phenoxy) is 2. The molecule has 0 amide bonds. The van der Waals surface area contributed by atoms with E-state index >= 15 is 0 Å². The highest BCUT2D eigenvalue weighted by atomic mass is 35.5. The average molecular weight is 320 g/mol. The van der Waals surface area contributed by atoms with E-state index in [1.165, 1.54) is 12.8 Å². The number of benzene rings is 2. The van der Waals surface area contributed by atoms with E-state index in [4.69, 9.17) is 9.47 Å². The first-order valence-corrected chi connectivity index (χ1v) is 7.56. The molecule has 0 aliphatic carbocycles. The molecule has 3 nitrogen and oxygen atoms in total. The topological polar surface area (TPSA) is 30.5 Å². The molecule has 0 saturated carbocycles. The highest BCUT2D eigenvalue weighted by Gasteiger charge is 2.13. The summed E-state index contributed by atoms with van der Waals surface area (Å²) >= 11 is 0. The van der Waals surface area contributed by atoms with Crippen LogP contribution in [0.5, 0.6) is 17.2 Å². The minimum absolute atomic E-state index is 0. The van der Waals surface area contributed by atoms with Gasteiger partial charge in [0.25, 0.3) is 0 Å². The molecular weight excluding hydrogens is 298 g/mol. The Hall–Kier alpha value is -1.71. The average Bonchev–Trinajstić information content (AvgIpc) is 2.56. The fourth-order valence-corrected chi connectivity index (χ4v) is 2.51. The second kappa shape index (κ2) is 8.66. The van der Waals surface area contributed by atoms with Crippen LogP contribution in [0.1, 0.15) is 12.8 Å². The maximum absolute atomic E-state index is 5.86. The van der Waals surface area contributed by atoms with E-state index in [9.17, 15) is 0 Å². The molecule has 3 rings (SSSR count). The smallest absolute Gasteiger partial charge is 0.127 e. The Morgan fingerprint density at radius 1 is 0.909 bits per heavy atom. The van der Waals surface area contributed by atoms with Crippen LogP contribution in [0, 0.1) is 5.92 Å². The number of para-hydroxylation sites is 1. The predicted octanol–water partition coefficient (Wildman–Crippen LogP) is 4.28. The van der Waals surface area contributed by atoms with Crippen molar-refractivity contribution in [3.8, 4) is 17.2 Å². The van der Waals surface area contributed by atoms with Crippen LogP contribution < -0.4 is 14.8 Å². The fourth-order valence-electron chi connectivity index (χ4n) is 2.51. The van der Waals surface area contributed by atoms with Crippen LogP contribution in [-0.4, -0.2) is 19.7 Å². The number of rotatable bonds is 5. The van der Waals surface area contributed by atoms with Crippen molar-refractivity contribution in [3.05, 3.63) is 54.6 Å². The largest absolute Gasteiger partial charge is 0.493 e. The van der Waals surface area contributed by atoms with Crippen LogP contribution in [0.15, 0.2) is 54.6 Å². The van der Waals surface area contributed by atoms with E-state index < -0.39 is 0 Å². The predicted molar refractivity (Wildman–Crippen MR) is 91.3 cm³/mol. The normalized spacial score (nSPS) is 17.4. The number of halogens is 1. The molecule has 22 heavy (non-hydrogen) atoms. The van der Waals surface area contributed by atoms with E-state index in [1.807, 2.05) is 54.6 Å². The molecule has 4 heteroatoms. The third-order valence-electron chi connectivity index (χ3n) is 3.69. The summed E-state index contributed by atoms with van der Waals surface area (Å²) in [6, 6.07) is 17.6. The van der Waals surface area contributed by atoms with E-state index in [2.05, 4.69) is 5.32 Å². The summed E-state index contributed by atoms with van der Waals surface area (Å²) in [5.74, 6) is 3.20. The van der Waals surface area contributed by atoms with E-state index in [0.29, 0.717) is 5.92 Å². The van der Waals surface area contributed by atoms with Gasteiger partial charge < -0.3 is 14.8 Å². The van der Waals surface area contributed by atoms with Gasteiger partial charge in [-0.3, -0.25) is 0 Å². The van der Waals surface area contributed by atoms with Gasteiger partial charge in [0.15, 0.2) is 0 Å². The number of hydrogen-bond acceptors (Lipinski definition) is 3. The Kier molecular flexibility index (Phi) is 6.56. The number of piperidine rings is 1. The van der Waals surface area contributed by atoms with Crippen LogP contribution >= 0.6 is 12.4 Å². The summed E-state index contributed by atoms with van der Waals surface area (Å²) in [4.78, 5) is 0. The lowest BCUT2D eigenvalue weighted by Gasteiger charge is -2.22. The molecule has 0 bridgehead atoms. The Labute approximate surface area is 138 Å². The first-order valence-electron chi connectivity index (χ1n) is 7.56. The number of nitrogens with one attached hydrogen (secondary N) is 1. The van der Waals surface area contributed by atoms with Gasteiger partial charge in [0.05, 0.1) is 6.61 Å². The monoisotopic (exact) mass is 319 g/mol. The van der Waals surface area contributed by atoms with Crippen molar-refractivity contribution in [1.82, 2.24) is 5.32 Å². The lowest BCUT2D eigenvalue weighted by atomic mass is 10.0. The first-order chi connectivity index (χ1) is 10.4. The van der Waals surface area contributed by atoms with Crippen molar-refractivity contribution >= 4 is 12.4 Å². The summed E-state index contributed by atoms with van der Waals surface area (Å²) < 4.78 is 11.6. The minimum Gasteiger partial charge on any atom is -0.493 e. The van der Waals surface area contributed by atoms with Gasteiger partial charge in [-0.1, -0.05) is 18.2 Å². The molecule has 1 aliphatic heterocycles. The van der Waals surface area contributed by atoms with Crippen molar-refractivity contribution in [2.45, 2.75) is 12.8 Å². The van der Waals surface area contributed by atoms with Gasteiger partial charge in [-0.25, -0.2) is 0 Å². The van der Waals surface area contributed by atoms with Gasteiger partial charge in [-0.2, -0.15) is 0 Å². The molecule has 1 heterocycles. The third-order valence-corrected chi connectivity index (χ3v) is 3.69. The van der Waals surface area contributed by atoms with Crippen molar-refractivity contribution in [2.75, 3.05) is 19.7 Å². The van der Waals surface area contributed by atoms with Crippen LogP contribution in [0.4, 0.5) is 0 Å². The van der Waals surface area contributed by atoms with Crippen molar-refractivity contribution in [3.63, 3.8) is 0 Å². The summed E-state index contributed by atoms with van der Waals surface area (Å²) in [5, 5.41) is 3.41. The van der Waals surface area contributed by atoms with E-state index in [-0.39, 0.29) is 12.4 Å². The van der Waals surface area contributed by atoms with Crippen molar-refractivity contribution in [1.29, 1.82) is 0 Å². The van der Waals surface area contributed by atoms with Gasteiger partial charge in [-0.05, 0) is 55.8 Å². The van der Waals surface area contributed by atoms with Gasteiger partial charge in [0.1, 0.15) is 17.2 Å². The molecule has 1 aliphatic rings. The fraction of sp³-hybridized carbons (Fsp3) is 0.333. The standard InChI is InChI=1S/C18H21NO2.ClH/c1-2-6-17(7-3-1)21-18-10-8-16(9-11-18)20-14-15-5-4-12-19-13-15;/h1-3,6-11,15,19H,4-5,12-14H2;1H. The van der Waals surface area contributed by atoms with Gasteiger partial charge in [0.2, 0.25) is 0 Å². The molecule has 0 spiro atoms. The molecule has 0 aromatic heterocycles. The Balaban J connectivity index is 0.00000176. The Morgan fingerprint density at radius 3 is 2.27 bits per heavy atom.